The van der Waals surface area contributed by atoms with Crippen molar-refractivity contribution >= 4 is 22.5 Å². The van der Waals surface area contributed by atoms with Gasteiger partial charge in [-0.2, -0.15) is 12.7 Å². The van der Waals surface area contributed by atoms with Gasteiger partial charge in [0.1, 0.15) is 5.82 Å². The molecule has 0 aliphatic carbocycles. The number of carbonyl (C=O) groups is 1. The molecule has 0 radical (unpaired) electrons. The fraction of sp³-hybridized carbons (Fsp3) is 0.733. The van der Waals surface area contributed by atoms with Gasteiger partial charge in [0.25, 0.3) is 10.2 Å². The Hall–Kier alpha value is -1.65. The standard InChI is InChI=1S/C15H29N5O4S/c1-5-17-13(4)18-11(2)12(3)20(15(21)22)10-14-6-8-19(9-7-14)25(16,23)24/h5,11-12,14,18H,4,6-10H2,1-3H3,(H,21,22)(H2,16,23,24)/t11-,12?/m0/s1. The van der Waals surface area contributed by atoms with Crippen LogP contribution in [0.25, 0.3) is 0 Å². The highest BCUT2D eigenvalue weighted by Crippen LogP contribution is 2.21. The summed E-state index contributed by atoms with van der Waals surface area (Å²) in [7, 11) is -3.67. The molecule has 1 heterocycles. The van der Waals surface area contributed by atoms with Crippen molar-refractivity contribution in [2.45, 2.75) is 45.7 Å². The first kappa shape index (κ1) is 21.4. The molecule has 2 atom stereocenters. The minimum atomic E-state index is -3.67. The van der Waals surface area contributed by atoms with Gasteiger partial charge >= 0.3 is 6.09 Å². The second kappa shape index (κ2) is 9.16. The number of rotatable bonds is 8. The van der Waals surface area contributed by atoms with E-state index in [-0.39, 0.29) is 18.0 Å². The zero-order chi connectivity index (χ0) is 19.2. The van der Waals surface area contributed by atoms with E-state index in [9.17, 15) is 18.3 Å². The van der Waals surface area contributed by atoms with E-state index in [2.05, 4.69) is 16.9 Å². The van der Waals surface area contributed by atoms with Crippen molar-refractivity contribution in [1.82, 2.24) is 14.5 Å². The van der Waals surface area contributed by atoms with Crippen molar-refractivity contribution in [3.05, 3.63) is 12.4 Å². The summed E-state index contributed by atoms with van der Waals surface area (Å²) in [6.45, 7) is 10.2. The Bertz CT molecular complexity index is 599. The lowest BCUT2D eigenvalue weighted by Crippen LogP contribution is -2.51. The van der Waals surface area contributed by atoms with Crippen molar-refractivity contribution in [3.63, 3.8) is 0 Å². The number of carboxylic acid groups (broad SMARTS) is 1. The molecule has 4 N–H and O–H groups in total. The lowest BCUT2D eigenvalue weighted by molar-refractivity contribution is 0.0999. The maximum Gasteiger partial charge on any atom is 0.407 e. The van der Waals surface area contributed by atoms with E-state index < -0.39 is 16.3 Å². The highest BCUT2D eigenvalue weighted by atomic mass is 32.2. The van der Waals surface area contributed by atoms with Gasteiger partial charge < -0.3 is 15.3 Å². The molecule has 10 heteroatoms. The average molecular weight is 375 g/mol. The van der Waals surface area contributed by atoms with Gasteiger partial charge in [-0.25, -0.2) is 14.9 Å². The van der Waals surface area contributed by atoms with Gasteiger partial charge in [-0.1, -0.05) is 6.58 Å². The third kappa shape index (κ3) is 6.63. The van der Waals surface area contributed by atoms with E-state index in [1.807, 2.05) is 13.8 Å². The van der Waals surface area contributed by atoms with Crippen LogP contribution in [0.4, 0.5) is 4.79 Å². The third-order valence-electron chi connectivity index (χ3n) is 4.53. The fourth-order valence-corrected chi connectivity index (χ4v) is 3.61. The molecular formula is C15H29N5O4S. The predicted octanol–water partition coefficient (Wildman–Crippen LogP) is 0.810. The zero-order valence-electron chi connectivity index (χ0n) is 15.1. The Labute approximate surface area is 149 Å². The van der Waals surface area contributed by atoms with Gasteiger partial charge in [0.15, 0.2) is 0 Å². The van der Waals surface area contributed by atoms with Gasteiger partial charge in [-0.3, -0.25) is 0 Å². The monoisotopic (exact) mass is 375 g/mol. The van der Waals surface area contributed by atoms with Crippen LogP contribution in [0, 0.1) is 5.92 Å². The average Bonchev–Trinajstić information content (AvgIpc) is 2.51. The summed E-state index contributed by atoms with van der Waals surface area (Å²) in [5.74, 6) is 0.578. The number of hydrogen-bond donors (Lipinski definition) is 3. The Morgan fingerprint density at radius 1 is 1.48 bits per heavy atom. The van der Waals surface area contributed by atoms with Crippen LogP contribution in [0.5, 0.6) is 0 Å². The number of piperidine rings is 1. The lowest BCUT2D eigenvalue weighted by Gasteiger charge is -2.37. The third-order valence-corrected chi connectivity index (χ3v) is 5.61. The van der Waals surface area contributed by atoms with E-state index in [1.54, 1.807) is 13.1 Å². The molecule has 1 aliphatic heterocycles. The van der Waals surface area contributed by atoms with Gasteiger partial charge in [-0.05, 0) is 39.5 Å². The Kier molecular flexibility index (Phi) is 7.84. The summed E-state index contributed by atoms with van der Waals surface area (Å²) in [5.41, 5.74) is 0. The maximum atomic E-state index is 11.7. The topological polar surface area (TPSA) is 128 Å². The molecule has 0 saturated carbocycles. The molecule has 1 rings (SSSR count). The van der Waals surface area contributed by atoms with Crippen LogP contribution in [0.3, 0.4) is 0 Å². The number of nitrogens with zero attached hydrogens (tertiary/aromatic N) is 3. The first-order chi connectivity index (χ1) is 11.6. The number of nitrogens with one attached hydrogen (secondary N) is 1. The largest absolute Gasteiger partial charge is 0.465 e. The molecule has 1 fully saturated rings. The minimum Gasteiger partial charge on any atom is -0.465 e. The summed E-state index contributed by atoms with van der Waals surface area (Å²) in [6.07, 6.45) is 1.78. The van der Waals surface area contributed by atoms with Crippen LogP contribution in [-0.4, -0.2) is 66.8 Å². The first-order valence-corrected chi connectivity index (χ1v) is 9.78. The van der Waals surface area contributed by atoms with E-state index >= 15 is 0 Å². The molecule has 0 aromatic rings. The Balaban J connectivity index is 2.65. The molecule has 0 aromatic heterocycles. The number of hydrogen-bond acceptors (Lipinski definition) is 5. The molecule has 1 unspecified atom stereocenters. The quantitative estimate of drug-likeness (QED) is 0.541. The van der Waals surface area contributed by atoms with Gasteiger partial charge in [-0.15, -0.1) is 0 Å². The smallest absolute Gasteiger partial charge is 0.407 e. The Morgan fingerprint density at radius 3 is 2.48 bits per heavy atom. The molecule has 9 nitrogen and oxygen atoms in total. The molecule has 0 spiro atoms. The summed E-state index contributed by atoms with van der Waals surface area (Å²) in [5, 5.41) is 17.8. The van der Waals surface area contributed by atoms with Gasteiger partial charge in [0, 0.05) is 31.9 Å². The molecule has 1 aliphatic rings. The van der Waals surface area contributed by atoms with Crippen LogP contribution in [-0.2, 0) is 10.2 Å². The molecule has 0 aromatic carbocycles. The fourth-order valence-electron chi connectivity index (χ4n) is 2.89. The molecule has 25 heavy (non-hydrogen) atoms. The molecule has 1 saturated heterocycles. The summed E-state index contributed by atoms with van der Waals surface area (Å²) in [6, 6.07) is -0.464. The molecule has 1 amide bonds. The van der Waals surface area contributed by atoms with Crippen molar-refractivity contribution in [2.75, 3.05) is 19.6 Å². The van der Waals surface area contributed by atoms with E-state index in [0.29, 0.717) is 38.3 Å². The van der Waals surface area contributed by atoms with Crippen molar-refractivity contribution in [1.29, 1.82) is 0 Å². The number of nitrogens with two attached hydrogens (primary N) is 1. The van der Waals surface area contributed by atoms with Crippen LogP contribution in [0.2, 0.25) is 0 Å². The predicted molar refractivity (Wildman–Crippen MR) is 97.5 cm³/mol. The van der Waals surface area contributed by atoms with Crippen molar-refractivity contribution < 1.29 is 18.3 Å². The van der Waals surface area contributed by atoms with E-state index in [1.165, 1.54) is 9.21 Å². The maximum absolute atomic E-state index is 11.7. The van der Waals surface area contributed by atoms with Crippen LogP contribution in [0.15, 0.2) is 17.4 Å². The normalized spacial score (nSPS) is 19.5. The van der Waals surface area contributed by atoms with Gasteiger partial charge in [0.2, 0.25) is 0 Å². The summed E-state index contributed by atoms with van der Waals surface area (Å²) < 4.78 is 23.9. The number of aliphatic imine (C=N–C) groups is 1. The van der Waals surface area contributed by atoms with Gasteiger partial charge in [0.05, 0.1) is 6.04 Å². The second-order valence-electron chi connectivity index (χ2n) is 6.33. The molecule has 0 bridgehead atoms. The summed E-state index contributed by atoms with van der Waals surface area (Å²) >= 11 is 0. The summed E-state index contributed by atoms with van der Waals surface area (Å²) in [4.78, 5) is 17.1. The highest BCUT2D eigenvalue weighted by molar-refractivity contribution is 7.86. The highest BCUT2D eigenvalue weighted by Gasteiger charge is 2.31. The van der Waals surface area contributed by atoms with Crippen molar-refractivity contribution in [2.24, 2.45) is 16.0 Å². The van der Waals surface area contributed by atoms with Crippen LogP contribution < -0.4 is 10.5 Å². The molecule has 144 valence electrons. The minimum absolute atomic E-state index is 0.0978. The Morgan fingerprint density at radius 2 is 2.04 bits per heavy atom. The second-order valence-corrected chi connectivity index (χ2v) is 7.88. The zero-order valence-corrected chi connectivity index (χ0v) is 15.9. The lowest BCUT2D eigenvalue weighted by atomic mass is 9.96. The number of amides is 1. The molecular weight excluding hydrogens is 346 g/mol. The van der Waals surface area contributed by atoms with E-state index in [4.69, 9.17) is 5.14 Å². The van der Waals surface area contributed by atoms with Crippen LogP contribution in [0.1, 0.15) is 33.6 Å². The van der Waals surface area contributed by atoms with Crippen molar-refractivity contribution in [3.8, 4) is 0 Å². The first-order valence-electron chi connectivity index (χ1n) is 8.27. The van der Waals surface area contributed by atoms with E-state index in [0.717, 1.165) is 0 Å². The SMILES string of the molecule is C=C(N=CC)N[C@@H](C)C(C)N(CC1CCN(S(N)(=O)=O)CC1)C(=O)O. The van der Waals surface area contributed by atoms with Crippen LogP contribution >= 0.6 is 0 Å².